The van der Waals surface area contributed by atoms with Crippen LogP contribution in [0.1, 0.15) is 59.8 Å². The molecule has 0 aromatic carbocycles. The number of rotatable bonds is 25. The van der Waals surface area contributed by atoms with Gasteiger partial charge in [-0.2, -0.15) is 0 Å². The normalized spacial score (nSPS) is 16.9. The number of hydrogen-bond acceptors (Lipinski definition) is 14. The Hall–Kier alpha value is -6.15. The minimum Gasteiger partial charge on any atom is -0.481 e. The van der Waals surface area contributed by atoms with Crippen molar-refractivity contribution < 1.29 is 68.4 Å². The maximum atomic E-state index is 13.3. The van der Waals surface area contributed by atoms with Crippen molar-refractivity contribution in [3.63, 3.8) is 0 Å². The van der Waals surface area contributed by atoms with Gasteiger partial charge in [0.05, 0.1) is 38.3 Å². The summed E-state index contributed by atoms with van der Waals surface area (Å²) in [4.78, 5) is 131. The number of aliphatic imine (C=N–C) groups is 1. The van der Waals surface area contributed by atoms with E-state index >= 15 is 0 Å². The second-order valence-corrected chi connectivity index (χ2v) is 14.2. The molecule has 0 aliphatic carbocycles. The van der Waals surface area contributed by atoms with Gasteiger partial charge in [0.1, 0.15) is 36.3 Å². The number of amides is 8. The second kappa shape index (κ2) is 25.4. The summed E-state index contributed by atoms with van der Waals surface area (Å²) in [6.07, 6.45) is -1.91. The van der Waals surface area contributed by atoms with Crippen LogP contribution in [0.5, 0.6) is 0 Å². The molecule has 1 fully saturated rings. The summed E-state index contributed by atoms with van der Waals surface area (Å²) < 4.78 is 0. The lowest BCUT2D eigenvalue weighted by atomic mass is 10.0. The lowest BCUT2D eigenvalue weighted by molar-refractivity contribution is -0.145. The highest BCUT2D eigenvalue weighted by Gasteiger charge is 2.39. The van der Waals surface area contributed by atoms with Gasteiger partial charge in [-0.05, 0) is 45.4 Å². The third kappa shape index (κ3) is 17.8. The average molecular weight is 859 g/mol. The van der Waals surface area contributed by atoms with E-state index in [4.69, 9.17) is 22.3 Å². The van der Waals surface area contributed by atoms with Gasteiger partial charge in [0.15, 0.2) is 5.96 Å². The minimum absolute atomic E-state index is 0.0152. The average Bonchev–Trinajstić information content (AvgIpc) is 3.67. The third-order valence-corrected chi connectivity index (χ3v) is 8.92. The number of aliphatic hydroxyl groups is 2. The van der Waals surface area contributed by atoms with Gasteiger partial charge in [-0.1, -0.05) is 13.8 Å². The smallest absolute Gasteiger partial charge is 0.325 e. The summed E-state index contributed by atoms with van der Waals surface area (Å²) in [7, 11) is 0. The van der Waals surface area contributed by atoms with E-state index in [2.05, 4.69) is 42.2 Å². The van der Waals surface area contributed by atoms with Crippen LogP contribution in [0.15, 0.2) is 4.99 Å². The highest BCUT2D eigenvalue weighted by atomic mass is 16.4. The molecule has 8 amide bonds. The van der Waals surface area contributed by atoms with Crippen LogP contribution < -0.4 is 54.4 Å². The number of carbonyl (C=O) groups is 10. The van der Waals surface area contributed by atoms with E-state index in [-0.39, 0.29) is 44.2 Å². The van der Waals surface area contributed by atoms with Crippen molar-refractivity contribution in [2.24, 2.45) is 28.1 Å². The molecular formula is C34H58N12O14. The molecule has 26 heteroatoms. The van der Waals surface area contributed by atoms with Crippen LogP contribution in [0, 0.1) is 5.92 Å². The number of carboxylic acids is 2. The summed E-state index contributed by atoms with van der Waals surface area (Å²) in [5.41, 5.74) is 16.5. The van der Waals surface area contributed by atoms with Crippen LogP contribution in [0.4, 0.5) is 0 Å². The summed E-state index contributed by atoms with van der Waals surface area (Å²) in [6.45, 7) is 3.22. The molecule has 0 bridgehead atoms. The van der Waals surface area contributed by atoms with E-state index in [0.29, 0.717) is 6.42 Å². The molecule has 0 saturated carbocycles. The van der Waals surface area contributed by atoms with E-state index in [0.717, 1.165) is 4.90 Å². The van der Waals surface area contributed by atoms with Crippen molar-refractivity contribution in [1.82, 2.24) is 42.1 Å². The highest BCUT2D eigenvalue weighted by Crippen LogP contribution is 2.19. The van der Waals surface area contributed by atoms with Gasteiger partial charge < -0.3 is 79.7 Å². The number of likely N-dealkylation sites (tertiary alicyclic amines) is 1. The standard InChI is InChI=1S/C34H58N12O14/c1-15(2)25(35)30(56)45-26(17(4)48)31(57)40-13-22(49)42-18(7-5-9-38-34(36)37)27(53)39-12-23(50)43-19(11-24(51)52)28(54)44-20(14-47)32(58)46-10-6-8-21(46)29(55)41-16(3)33(59)60/h15-21,25-26,47-48H,5-14,35H2,1-4H3,(H,39,53)(H,40,57)(H,41,55)(H,42,49)(H,43,50)(H,44,54)(H,45,56)(H,51,52)(H,59,60)(H4,36,37,38)/t16-,17+,18-,19-,20-,21-,25-,26-/m0/s1. The van der Waals surface area contributed by atoms with Crippen LogP contribution in [0.3, 0.4) is 0 Å². The van der Waals surface area contributed by atoms with Gasteiger partial charge >= 0.3 is 11.9 Å². The summed E-state index contributed by atoms with van der Waals surface area (Å²) >= 11 is 0. The van der Waals surface area contributed by atoms with Crippen molar-refractivity contribution in [3.05, 3.63) is 0 Å². The highest BCUT2D eigenvalue weighted by molar-refractivity contribution is 5.98. The largest absolute Gasteiger partial charge is 0.481 e. The fourth-order valence-electron chi connectivity index (χ4n) is 5.50. The van der Waals surface area contributed by atoms with Crippen LogP contribution in [-0.4, -0.2) is 172 Å². The number of aliphatic carboxylic acids is 2. The Kier molecular flexibility index (Phi) is 21.9. The van der Waals surface area contributed by atoms with Crippen molar-refractivity contribution in [2.75, 3.05) is 32.8 Å². The zero-order valence-corrected chi connectivity index (χ0v) is 33.8. The predicted molar refractivity (Wildman–Crippen MR) is 207 cm³/mol. The van der Waals surface area contributed by atoms with Crippen molar-refractivity contribution in [2.45, 2.75) is 108 Å². The zero-order chi connectivity index (χ0) is 45.9. The first kappa shape index (κ1) is 51.9. The third-order valence-electron chi connectivity index (χ3n) is 8.92. The van der Waals surface area contributed by atoms with Crippen molar-refractivity contribution in [1.29, 1.82) is 0 Å². The monoisotopic (exact) mass is 858 g/mol. The van der Waals surface area contributed by atoms with Crippen LogP contribution >= 0.6 is 0 Å². The number of guanidine groups is 1. The summed E-state index contributed by atoms with van der Waals surface area (Å²) in [6, 6.07) is -9.81. The number of nitrogens with two attached hydrogens (primary N) is 3. The Morgan fingerprint density at radius 2 is 1.35 bits per heavy atom. The molecule has 1 heterocycles. The molecular weight excluding hydrogens is 800 g/mol. The molecule has 60 heavy (non-hydrogen) atoms. The molecule has 0 radical (unpaired) electrons. The van der Waals surface area contributed by atoms with E-state index < -0.39 is 134 Å². The van der Waals surface area contributed by atoms with Crippen LogP contribution in [-0.2, 0) is 47.9 Å². The fraction of sp³-hybridized carbons (Fsp3) is 0.676. The van der Waals surface area contributed by atoms with Gasteiger partial charge in [-0.3, -0.25) is 52.9 Å². The lowest BCUT2D eigenvalue weighted by Gasteiger charge is -2.29. The topological polar surface area (TPSA) is 429 Å². The molecule has 0 aromatic rings. The van der Waals surface area contributed by atoms with Gasteiger partial charge in [0.25, 0.3) is 0 Å². The molecule has 1 aliphatic heterocycles. The molecule has 1 saturated heterocycles. The Balaban J connectivity index is 2.99. The molecule has 17 N–H and O–H groups in total. The quantitative estimate of drug-likeness (QED) is 0.0230. The molecule has 26 nitrogen and oxygen atoms in total. The van der Waals surface area contributed by atoms with Gasteiger partial charge in [-0.25, -0.2) is 0 Å². The van der Waals surface area contributed by atoms with E-state index in [1.165, 1.54) is 13.8 Å². The summed E-state index contributed by atoms with van der Waals surface area (Å²) in [5.74, 6) is -11.0. The van der Waals surface area contributed by atoms with Crippen molar-refractivity contribution >= 4 is 65.2 Å². The molecule has 0 spiro atoms. The van der Waals surface area contributed by atoms with E-state index in [1.807, 2.05) is 0 Å². The zero-order valence-electron chi connectivity index (χ0n) is 33.8. The number of nitrogens with zero attached hydrogens (tertiary/aromatic N) is 2. The van der Waals surface area contributed by atoms with Gasteiger partial charge in [0.2, 0.25) is 47.3 Å². The SMILES string of the molecule is CC(C)[C@H](N)C(=O)N[C@H](C(=O)NCC(=O)N[C@@H](CCCN=C(N)N)C(=O)NCC(=O)N[C@@H](CC(=O)O)C(=O)N[C@@H](CO)C(=O)N1CCC[C@H]1C(=O)N[C@@H](C)C(=O)O)[C@@H](C)O. The van der Waals surface area contributed by atoms with Crippen LogP contribution in [0.2, 0.25) is 0 Å². The van der Waals surface area contributed by atoms with Gasteiger partial charge in [0, 0.05) is 13.1 Å². The molecule has 1 rings (SSSR count). The Bertz CT molecular complexity index is 1610. The Labute approximate surface area is 344 Å². The predicted octanol–water partition coefficient (Wildman–Crippen LogP) is -7.38. The lowest BCUT2D eigenvalue weighted by Crippen LogP contribution is -2.59. The second-order valence-electron chi connectivity index (χ2n) is 14.2. The number of nitrogens with one attached hydrogen (secondary N) is 7. The fourth-order valence-corrected chi connectivity index (χ4v) is 5.50. The number of aliphatic hydroxyl groups excluding tert-OH is 2. The number of carbonyl (C=O) groups excluding carboxylic acids is 8. The Morgan fingerprint density at radius 3 is 1.87 bits per heavy atom. The van der Waals surface area contributed by atoms with Gasteiger partial charge in [-0.15, -0.1) is 0 Å². The Morgan fingerprint density at radius 1 is 0.767 bits per heavy atom. The molecule has 8 atom stereocenters. The molecule has 1 aliphatic rings. The molecule has 338 valence electrons. The molecule has 0 aromatic heterocycles. The number of carboxylic acid groups (broad SMARTS) is 2. The maximum Gasteiger partial charge on any atom is 0.325 e. The molecule has 0 unspecified atom stereocenters. The van der Waals surface area contributed by atoms with Crippen molar-refractivity contribution in [3.8, 4) is 0 Å². The first-order valence-electron chi connectivity index (χ1n) is 18.9. The van der Waals surface area contributed by atoms with E-state index in [9.17, 15) is 63.3 Å². The first-order valence-corrected chi connectivity index (χ1v) is 18.9. The first-order chi connectivity index (χ1) is 28.0. The minimum atomic E-state index is -1.85. The van der Waals surface area contributed by atoms with E-state index in [1.54, 1.807) is 13.8 Å². The summed E-state index contributed by atoms with van der Waals surface area (Å²) in [5, 5.41) is 54.2. The number of hydrogen-bond donors (Lipinski definition) is 14. The maximum absolute atomic E-state index is 13.3. The van der Waals surface area contributed by atoms with Crippen LogP contribution in [0.25, 0.3) is 0 Å².